The maximum absolute atomic E-state index is 12.0. The predicted molar refractivity (Wildman–Crippen MR) is 76.0 cm³/mol. The molecule has 0 saturated heterocycles. The van der Waals surface area contributed by atoms with E-state index in [1.165, 1.54) is 11.8 Å². The first kappa shape index (κ1) is 13.5. The topological polar surface area (TPSA) is 81.2 Å². The molecule has 6 heteroatoms. The predicted octanol–water partition coefficient (Wildman–Crippen LogP) is 2.68. The van der Waals surface area contributed by atoms with E-state index in [2.05, 4.69) is 10.3 Å². The molecule has 1 unspecified atom stereocenters. The van der Waals surface area contributed by atoms with Gasteiger partial charge in [0.25, 0.3) is 5.22 Å². The summed E-state index contributed by atoms with van der Waals surface area (Å²) in [7, 11) is 0. The lowest BCUT2D eigenvalue weighted by Crippen LogP contribution is -2.22. The van der Waals surface area contributed by atoms with Crippen LogP contribution in [0.4, 0.5) is 11.4 Å². The van der Waals surface area contributed by atoms with Crippen molar-refractivity contribution in [2.75, 3.05) is 11.1 Å². The van der Waals surface area contributed by atoms with Crippen LogP contribution in [0, 0.1) is 6.92 Å². The number of carbonyl (C=O) groups excluding carboxylic acids is 1. The standard InChI is InChI=1S/C13H15N3O2S/c1-8-7-18-13(15-8)19-9(2)12(17)16-11-6-4-3-5-10(11)14/h3-7,9H,14H2,1-2H3,(H,16,17). The fraction of sp³-hybridized carbons (Fsp3) is 0.231. The minimum atomic E-state index is -0.322. The first-order valence-corrected chi connectivity index (χ1v) is 6.68. The second-order valence-corrected chi connectivity index (χ2v) is 5.38. The number of nitrogens with two attached hydrogens (primary N) is 1. The van der Waals surface area contributed by atoms with Gasteiger partial charge in [0.15, 0.2) is 0 Å². The SMILES string of the molecule is Cc1coc(SC(C)C(=O)Nc2ccccc2N)n1. The number of oxazole rings is 1. The number of thioether (sulfide) groups is 1. The molecule has 1 amide bonds. The quantitative estimate of drug-likeness (QED) is 0.663. The van der Waals surface area contributed by atoms with E-state index in [1.54, 1.807) is 25.3 Å². The first-order chi connectivity index (χ1) is 9.06. The van der Waals surface area contributed by atoms with Crippen molar-refractivity contribution in [1.29, 1.82) is 0 Å². The van der Waals surface area contributed by atoms with Crippen molar-refractivity contribution in [1.82, 2.24) is 4.98 Å². The van der Waals surface area contributed by atoms with E-state index in [9.17, 15) is 4.79 Å². The van der Waals surface area contributed by atoms with Crippen LogP contribution in [0.1, 0.15) is 12.6 Å². The number of rotatable bonds is 4. The number of anilines is 2. The number of aryl methyl sites for hydroxylation is 1. The molecule has 0 saturated carbocycles. The highest BCUT2D eigenvalue weighted by Gasteiger charge is 2.17. The van der Waals surface area contributed by atoms with Crippen molar-refractivity contribution in [3.8, 4) is 0 Å². The Morgan fingerprint density at radius 3 is 2.84 bits per heavy atom. The van der Waals surface area contributed by atoms with Gasteiger partial charge in [-0.15, -0.1) is 0 Å². The molecule has 100 valence electrons. The Hall–Kier alpha value is -1.95. The molecule has 0 bridgehead atoms. The molecule has 0 aliphatic carbocycles. The molecule has 0 spiro atoms. The summed E-state index contributed by atoms with van der Waals surface area (Å²) in [6, 6.07) is 7.14. The molecule has 1 aromatic heterocycles. The number of hydrogen-bond acceptors (Lipinski definition) is 5. The van der Waals surface area contributed by atoms with Gasteiger partial charge in [-0.3, -0.25) is 4.79 Å². The monoisotopic (exact) mass is 277 g/mol. The fourth-order valence-electron chi connectivity index (χ4n) is 1.44. The summed E-state index contributed by atoms with van der Waals surface area (Å²) in [5.41, 5.74) is 7.72. The minimum absolute atomic E-state index is 0.140. The van der Waals surface area contributed by atoms with Crippen LogP contribution >= 0.6 is 11.8 Å². The highest BCUT2D eigenvalue weighted by atomic mass is 32.2. The molecular weight excluding hydrogens is 262 g/mol. The van der Waals surface area contributed by atoms with Gasteiger partial charge < -0.3 is 15.5 Å². The number of para-hydroxylation sites is 2. The molecule has 0 aliphatic rings. The number of aromatic nitrogens is 1. The highest BCUT2D eigenvalue weighted by molar-refractivity contribution is 8.00. The number of amides is 1. The van der Waals surface area contributed by atoms with Crippen molar-refractivity contribution in [3.05, 3.63) is 36.2 Å². The van der Waals surface area contributed by atoms with Gasteiger partial charge in [-0.05, 0) is 26.0 Å². The molecule has 2 rings (SSSR count). The van der Waals surface area contributed by atoms with Gasteiger partial charge in [0, 0.05) is 0 Å². The van der Waals surface area contributed by atoms with E-state index in [0.29, 0.717) is 16.6 Å². The van der Waals surface area contributed by atoms with Gasteiger partial charge in [-0.1, -0.05) is 23.9 Å². The van der Waals surface area contributed by atoms with Gasteiger partial charge in [0.1, 0.15) is 6.26 Å². The largest absolute Gasteiger partial charge is 0.440 e. The van der Waals surface area contributed by atoms with Crippen LogP contribution in [-0.4, -0.2) is 16.1 Å². The van der Waals surface area contributed by atoms with Crippen molar-refractivity contribution >= 4 is 29.0 Å². The lowest BCUT2D eigenvalue weighted by atomic mass is 10.2. The van der Waals surface area contributed by atoms with Crippen LogP contribution in [0.3, 0.4) is 0 Å². The van der Waals surface area contributed by atoms with E-state index < -0.39 is 0 Å². The third kappa shape index (κ3) is 3.51. The minimum Gasteiger partial charge on any atom is -0.440 e. The van der Waals surface area contributed by atoms with E-state index in [1.807, 2.05) is 19.1 Å². The molecular formula is C13H15N3O2S. The Morgan fingerprint density at radius 2 is 2.21 bits per heavy atom. The van der Waals surface area contributed by atoms with E-state index in [4.69, 9.17) is 10.2 Å². The van der Waals surface area contributed by atoms with Gasteiger partial charge in [-0.2, -0.15) is 0 Å². The second-order valence-electron chi connectivity index (χ2n) is 4.09. The molecule has 5 nitrogen and oxygen atoms in total. The van der Waals surface area contributed by atoms with E-state index in [0.717, 1.165) is 5.69 Å². The summed E-state index contributed by atoms with van der Waals surface area (Å²) in [6.45, 7) is 3.63. The molecule has 3 N–H and O–H groups in total. The number of carbonyl (C=O) groups is 1. The Balaban J connectivity index is 1.98. The average Bonchev–Trinajstić information content (AvgIpc) is 2.77. The molecule has 0 fully saturated rings. The zero-order valence-corrected chi connectivity index (χ0v) is 11.5. The van der Waals surface area contributed by atoms with Crippen LogP contribution in [0.5, 0.6) is 0 Å². The van der Waals surface area contributed by atoms with Crippen LogP contribution < -0.4 is 11.1 Å². The van der Waals surface area contributed by atoms with Gasteiger partial charge in [0.05, 0.1) is 22.3 Å². The highest BCUT2D eigenvalue weighted by Crippen LogP contribution is 2.24. The lowest BCUT2D eigenvalue weighted by Gasteiger charge is -2.11. The first-order valence-electron chi connectivity index (χ1n) is 5.80. The number of nitrogens with zero attached hydrogens (tertiary/aromatic N) is 1. The maximum Gasteiger partial charge on any atom is 0.256 e. The summed E-state index contributed by atoms with van der Waals surface area (Å²) in [5.74, 6) is -0.140. The Bertz CT molecular complexity index is 583. The molecule has 2 aromatic rings. The normalized spacial score (nSPS) is 12.1. The fourth-order valence-corrected chi connectivity index (χ4v) is 2.21. The summed E-state index contributed by atoms with van der Waals surface area (Å²) in [4.78, 5) is 16.2. The molecule has 1 aromatic carbocycles. The summed E-state index contributed by atoms with van der Waals surface area (Å²) in [5, 5.41) is 2.95. The summed E-state index contributed by atoms with van der Waals surface area (Å²) in [6.07, 6.45) is 1.56. The van der Waals surface area contributed by atoms with Crippen LogP contribution in [0.15, 0.2) is 40.2 Å². The lowest BCUT2D eigenvalue weighted by molar-refractivity contribution is -0.115. The van der Waals surface area contributed by atoms with Gasteiger partial charge in [-0.25, -0.2) is 4.98 Å². The molecule has 1 atom stereocenters. The molecule has 0 aliphatic heterocycles. The van der Waals surface area contributed by atoms with Gasteiger partial charge in [0.2, 0.25) is 5.91 Å². The summed E-state index contributed by atoms with van der Waals surface area (Å²) < 4.78 is 5.21. The third-order valence-corrected chi connectivity index (χ3v) is 3.42. The van der Waals surface area contributed by atoms with Crippen LogP contribution in [0.2, 0.25) is 0 Å². The second kappa shape index (κ2) is 5.79. The van der Waals surface area contributed by atoms with Crippen LogP contribution in [0.25, 0.3) is 0 Å². The van der Waals surface area contributed by atoms with Crippen molar-refractivity contribution in [2.45, 2.75) is 24.3 Å². The maximum atomic E-state index is 12.0. The van der Waals surface area contributed by atoms with Crippen molar-refractivity contribution in [2.24, 2.45) is 0 Å². The number of nitrogen functional groups attached to an aromatic ring is 1. The summed E-state index contributed by atoms with van der Waals surface area (Å²) >= 11 is 1.27. The van der Waals surface area contributed by atoms with Crippen molar-refractivity contribution < 1.29 is 9.21 Å². The Kier molecular flexibility index (Phi) is 4.11. The Morgan fingerprint density at radius 1 is 1.47 bits per heavy atom. The van der Waals surface area contributed by atoms with E-state index in [-0.39, 0.29) is 11.2 Å². The number of benzene rings is 1. The van der Waals surface area contributed by atoms with Crippen LogP contribution in [-0.2, 0) is 4.79 Å². The zero-order chi connectivity index (χ0) is 13.8. The smallest absolute Gasteiger partial charge is 0.256 e. The third-order valence-electron chi connectivity index (χ3n) is 2.46. The Labute approximate surface area is 115 Å². The number of hydrogen-bond donors (Lipinski definition) is 2. The van der Waals surface area contributed by atoms with E-state index >= 15 is 0 Å². The zero-order valence-electron chi connectivity index (χ0n) is 10.7. The molecule has 0 radical (unpaired) electrons. The molecule has 1 heterocycles. The average molecular weight is 277 g/mol. The van der Waals surface area contributed by atoms with Gasteiger partial charge >= 0.3 is 0 Å². The van der Waals surface area contributed by atoms with Crippen molar-refractivity contribution in [3.63, 3.8) is 0 Å². The number of nitrogens with one attached hydrogen (secondary N) is 1. The molecule has 19 heavy (non-hydrogen) atoms.